The smallest absolute Gasteiger partial charge is 0.232 e. The highest BCUT2D eigenvalue weighted by Gasteiger charge is 2.26. The van der Waals surface area contributed by atoms with Crippen LogP contribution in [0.1, 0.15) is 12.0 Å². The van der Waals surface area contributed by atoms with Crippen molar-refractivity contribution in [1.82, 2.24) is 4.98 Å². The number of hydrogen-bond donors (Lipinski definition) is 1. The first kappa shape index (κ1) is 20.5. The molecule has 1 aromatic heterocycles. The molecule has 0 bridgehead atoms. The second-order valence-electron chi connectivity index (χ2n) is 6.68. The Morgan fingerprint density at radius 1 is 1.07 bits per heavy atom. The molecule has 0 unspecified atom stereocenters. The van der Waals surface area contributed by atoms with Crippen LogP contribution in [0.4, 0.5) is 5.69 Å². The zero-order chi connectivity index (χ0) is 18.6. The van der Waals surface area contributed by atoms with Crippen molar-refractivity contribution >= 4 is 29.7 Å². The Hall–Kier alpha value is -2.27. The molecule has 4 nitrogen and oxygen atoms in total. The van der Waals surface area contributed by atoms with Gasteiger partial charge in [-0.1, -0.05) is 48.0 Å². The summed E-state index contributed by atoms with van der Waals surface area (Å²) in [5, 5.41) is 0.547. The molecule has 146 valence electrons. The third-order valence-electron chi connectivity index (χ3n) is 4.90. The molecule has 2 N–H and O–H groups in total. The number of rotatable bonds is 5. The van der Waals surface area contributed by atoms with Crippen molar-refractivity contribution in [3.8, 4) is 17.0 Å². The summed E-state index contributed by atoms with van der Waals surface area (Å²) in [6.07, 6.45) is 2.69. The van der Waals surface area contributed by atoms with Gasteiger partial charge < -0.3 is 15.4 Å². The average molecular weight is 416 g/mol. The first-order valence-corrected chi connectivity index (χ1v) is 9.53. The SMILES string of the molecule is Cl.NCc1cc(-c2ccccc2)ccc1N1CC[C@H](Oc2ncccc2Cl)C1. The average Bonchev–Trinajstić information content (AvgIpc) is 3.18. The lowest BCUT2D eigenvalue weighted by Crippen LogP contribution is -2.26. The Morgan fingerprint density at radius 3 is 2.64 bits per heavy atom. The van der Waals surface area contributed by atoms with Crippen LogP contribution in [-0.2, 0) is 6.54 Å². The van der Waals surface area contributed by atoms with Crippen LogP contribution < -0.4 is 15.4 Å². The fourth-order valence-corrected chi connectivity index (χ4v) is 3.69. The van der Waals surface area contributed by atoms with Gasteiger partial charge in [0, 0.05) is 31.4 Å². The third-order valence-corrected chi connectivity index (χ3v) is 5.18. The van der Waals surface area contributed by atoms with Crippen LogP contribution in [0.25, 0.3) is 11.1 Å². The zero-order valence-electron chi connectivity index (χ0n) is 15.4. The molecule has 1 aliphatic heterocycles. The molecule has 2 heterocycles. The van der Waals surface area contributed by atoms with Crippen LogP contribution in [0.3, 0.4) is 0 Å². The molecule has 0 spiro atoms. The van der Waals surface area contributed by atoms with E-state index in [1.54, 1.807) is 18.3 Å². The van der Waals surface area contributed by atoms with Crippen molar-refractivity contribution in [3.05, 3.63) is 77.4 Å². The number of benzene rings is 2. The fraction of sp³-hybridized carbons (Fsp3) is 0.227. The van der Waals surface area contributed by atoms with Gasteiger partial charge in [-0.25, -0.2) is 4.98 Å². The van der Waals surface area contributed by atoms with E-state index in [4.69, 9.17) is 22.1 Å². The number of nitrogens with two attached hydrogens (primary N) is 1. The lowest BCUT2D eigenvalue weighted by Gasteiger charge is -2.22. The molecule has 3 aromatic rings. The number of ether oxygens (including phenoxy) is 1. The van der Waals surface area contributed by atoms with Gasteiger partial charge in [0.05, 0.1) is 6.54 Å². The van der Waals surface area contributed by atoms with E-state index < -0.39 is 0 Å². The lowest BCUT2D eigenvalue weighted by atomic mass is 10.0. The van der Waals surface area contributed by atoms with Crippen LogP contribution in [0.5, 0.6) is 5.88 Å². The minimum atomic E-state index is 0. The van der Waals surface area contributed by atoms with E-state index >= 15 is 0 Å². The third kappa shape index (κ3) is 4.41. The molecule has 6 heteroatoms. The molecule has 2 aromatic carbocycles. The van der Waals surface area contributed by atoms with E-state index in [1.807, 2.05) is 6.07 Å². The normalized spacial score (nSPS) is 15.9. The van der Waals surface area contributed by atoms with Crippen molar-refractivity contribution in [2.45, 2.75) is 19.1 Å². The van der Waals surface area contributed by atoms with E-state index in [0.717, 1.165) is 25.1 Å². The van der Waals surface area contributed by atoms with Crippen molar-refractivity contribution in [2.24, 2.45) is 5.73 Å². The van der Waals surface area contributed by atoms with Crippen molar-refractivity contribution < 1.29 is 4.74 Å². The number of aromatic nitrogens is 1. The Morgan fingerprint density at radius 2 is 1.89 bits per heavy atom. The number of hydrogen-bond acceptors (Lipinski definition) is 4. The maximum Gasteiger partial charge on any atom is 0.232 e. The Bertz CT molecular complexity index is 921. The second kappa shape index (κ2) is 9.28. The largest absolute Gasteiger partial charge is 0.471 e. The van der Waals surface area contributed by atoms with Gasteiger partial charge in [-0.3, -0.25) is 0 Å². The van der Waals surface area contributed by atoms with E-state index in [1.165, 1.54) is 16.8 Å². The summed E-state index contributed by atoms with van der Waals surface area (Å²) in [7, 11) is 0. The zero-order valence-corrected chi connectivity index (χ0v) is 17.0. The van der Waals surface area contributed by atoms with Gasteiger partial charge in [0.2, 0.25) is 5.88 Å². The summed E-state index contributed by atoms with van der Waals surface area (Å²) in [4.78, 5) is 6.56. The first-order valence-electron chi connectivity index (χ1n) is 9.15. The van der Waals surface area contributed by atoms with Crippen LogP contribution in [-0.4, -0.2) is 24.2 Å². The molecule has 0 radical (unpaired) electrons. The number of pyridine rings is 1. The summed E-state index contributed by atoms with van der Waals surface area (Å²) in [5.41, 5.74) is 10.8. The van der Waals surface area contributed by atoms with Crippen LogP contribution in [0.15, 0.2) is 66.9 Å². The van der Waals surface area contributed by atoms with Gasteiger partial charge in [0.25, 0.3) is 0 Å². The summed E-state index contributed by atoms with van der Waals surface area (Å²) >= 11 is 6.16. The minimum absolute atomic E-state index is 0. The molecule has 28 heavy (non-hydrogen) atoms. The molecule has 4 rings (SSSR count). The van der Waals surface area contributed by atoms with E-state index in [-0.39, 0.29) is 18.5 Å². The molecule has 1 saturated heterocycles. The molecule has 0 aliphatic carbocycles. The Balaban J connectivity index is 0.00000225. The fourth-order valence-electron chi connectivity index (χ4n) is 3.53. The number of nitrogens with zero attached hydrogens (tertiary/aromatic N) is 2. The van der Waals surface area contributed by atoms with Crippen LogP contribution in [0, 0.1) is 0 Å². The van der Waals surface area contributed by atoms with Gasteiger partial charge in [0.1, 0.15) is 11.1 Å². The monoisotopic (exact) mass is 415 g/mol. The maximum atomic E-state index is 6.16. The maximum absolute atomic E-state index is 6.16. The predicted octanol–water partition coefficient (Wildman–Crippen LogP) is 4.94. The quantitative estimate of drug-likeness (QED) is 0.640. The van der Waals surface area contributed by atoms with Crippen LogP contribution in [0.2, 0.25) is 5.02 Å². The van der Waals surface area contributed by atoms with Crippen molar-refractivity contribution in [1.29, 1.82) is 0 Å². The summed E-state index contributed by atoms with van der Waals surface area (Å²) in [5.74, 6) is 0.504. The standard InChI is InChI=1S/C22H22ClN3O.ClH/c23-20-7-4-11-25-22(20)27-19-10-12-26(15-19)21-9-8-17(13-18(21)14-24)16-5-2-1-3-6-16;/h1-9,11,13,19H,10,12,14-15,24H2;1H/t19-;/m0./s1. The topological polar surface area (TPSA) is 51.4 Å². The van der Waals surface area contributed by atoms with Crippen molar-refractivity contribution in [2.75, 3.05) is 18.0 Å². The highest BCUT2D eigenvalue weighted by molar-refractivity contribution is 6.31. The highest BCUT2D eigenvalue weighted by Crippen LogP contribution is 2.31. The number of anilines is 1. The summed E-state index contributed by atoms with van der Waals surface area (Å²) in [6, 6.07) is 20.5. The molecule has 0 saturated carbocycles. The van der Waals surface area contributed by atoms with Gasteiger partial charge in [-0.2, -0.15) is 0 Å². The molecule has 1 aliphatic rings. The molecular formula is C22H23Cl2N3O. The van der Waals surface area contributed by atoms with Gasteiger partial charge >= 0.3 is 0 Å². The van der Waals surface area contributed by atoms with E-state index in [2.05, 4.69) is 52.3 Å². The second-order valence-corrected chi connectivity index (χ2v) is 7.09. The van der Waals surface area contributed by atoms with Gasteiger partial charge in [0.15, 0.2) is 0 Å². The lowest BCUT2D eigenvalue weighted by molar-refractivity contribution is 0.216. The molecule has 1 atom stereocenters. The molecule has 0 amide bonds. The first-order chi connectivity index (χ1) is 13.2. The van der Waals surface area contributed by atoms with Crippen molar-refractivity contribution in [3.63, 3.8) is 0 Å². The van der Waals surface area contributed by atoms with Gasteiger partial charge in [-0.05, 0) is 41.0 Å². The van der Waals surface area contributed by atoms with E-state index in [0.29, 0.717) is 17.4 Å². The summed E-state index contributed by atoms with van der Waals surface area (Å²) in [6.45, 7) is 2.22. The highest BCUT2D eigenvalue weighted by atomic mass is 35.5. The van der Waals surface area contributed by atoms with E-state index in [9.17, 15) is 0 Å². The van der Waals surface area contributed by atoms with Crippen LogP contribution >= 0.6 is 24.0 Å². The summed E-state index contributed by atoms with van der Waals surface area (Å²) < 4.78 is 6.01. The molecular weight excluding hydrogens is 393 g/mol. The minimum Gasteiger partial charge on any atom is -0.471 e. The number of halogens is 2. The Kier molecular flexibility index (Phi) is 6.79. The molecule has 1 fully saturated rings. The van der Waals surface area contributed by atoms with Gasteiger partial charge in [-0.15, -0.1) is 12.4 Å². The Labute approximate surface area is 176 Å². The predicted molar refractivity (Wildman–Crippen MR) is 118 cm³/mol.